The van der Waals surface area contributed by atoms with Crippen LogP contribution in [0.3, 0.4) is 0 Å². The molecular formula is C18H34N4O5S. The summed E-state index contributed by atoms with van der Waals surface area (Å²) in [6.45, 7) is 8.99. The number of nitrogens with two attached hydrogens (primary N) is 1. The summed E-state index contributed by atoms with van der Waals surface area (Å²) in [5.74, 6) is -2.91. The van der Waals surface area contributed by atoms with Crippen molar-refractivity contribution in [3.05, 3.63) is 0 Å². The summed E-state index contributed by atoms with van der Waals surface area (Å²) in [5, 5.41) is 16.6. The van der Waals surface area contributed by atoms with Crippen LogP contribution in [0.25, 0.3) is 0 Å². The lowest BCUT2D eigenvalue weighted by Gasteiger charge is -2.27. The zero-order valence-corrected chi connectivity index (χ0v) is 18.1. The maximum absolute atomic E-state index is 12.5. The van der Waals surface area contributed by atoms with Crippen LogP contribution < -0.4 is 21.7 Å². The number of hydrogen-bond donors (Lipinski definition) is 6. The van der Waals surface area contributed by atoms with E-state index in [9.17, 15) is 19.2 Å². The fourth-order valence-corrected chi connectivity index (χ4v) is 2.68. The molecule has 0 aromatic carbocycles. The number of carboxylic acid groups (broad SMARTS) is 1. The summed E-state index contributed by atoms with van der Waals surface area (Å²) < 4.78 is 0. The van der Waals surface area contributed by atoms with E-state index in [1.54, 1.807) is 6.92 Å². The van der Waals surface area contributed by atoms with Crippen LogP contribution in [0.15, 0.2) is 0 Å². The molecule has 0 aromatic heterocycles. The highest BCUT2D eigenvalue weighted by atomic mass is 32.1. The highest BCUT2D eigenvalue weighted by Gasteiger charge is 2.31. The molecule has 0 heterocycles. The first kappa shape index (κ1) is 26.2. The third kappa shape index (κ3) is 8.92. The summed E-state index contributed by atoms with van der Waals surface area (Å²) in [5.41, 5.74) is 5.81. The molecule has 0 aliphatic rings. The molecule has 0 radical (unpaired) electrons. The third-order valence-corrected chi connectivity index (χ3v) is 4.77. The van der Waals surface area contributed by atoms with Crippen molar-refractivity contribution in [2.45, 2.75) is 71.6 Å². The summed E-state index contributed by atoms with van der Waals surface area (Å²) in [4.78, 5) is 48.2. The topological polar surface area (TPSA) is 151 Å². The molecule has 0 aliphatic carbocycles. The molecule has 0 rings (SSSR count). The van der Waals surface area contributed by atoms with Gasteiger partial charge in [0.25, 0.3) is 0 Å². The van der Waals surface area contributed by atoms with E-state index in [0.717, 1.165) is 0 Å². The molecule has 0 bridgehead atoms. The van der Waals surface area contributed by atoms with Crippen LogP contribution in [0.4, 0.5) is 0 Å². The second kappa shape index (κ2) is 12.6. The molecular weight excluding hydrogens is 384 g/mol. The maximum atomic E-state index is 12.5. The van der Waals surface area contributed by atoms with Crippen molar-refractivity contribution in [1.82, 2.24) is 16.0 Å². The van der Waals surface area contributed by atoms with Gasteiger partial charge in [0.2, 0.25) is 17.7 Å². The van der Waals surface area contributed by atoms with Crippen LogP contribution in [0.2, 0.25) is 0 Å². The van der Waals surface area contributed by atoms with Gasteiger partial charge in [0.15, 0.2) is 0 Å². The molecule has 0 spiro atoms. The van der Waals surface area contributed by atoms with Crippen molar-refractivity contribution < 1.29 is 24.3 Å². The van der Waals surface area contributed by atoms with Crippen LogP contribution in [0, 0.1) is 11.8 Å². The molecule has 162 valence electrons. The Hall–Kier alpha value is -1.81. The van der Waals surface area contributed by atoms with Crippen molar-refractivity contribution in [3.63, 3.8) is 0 Å². The molecule has 0 aromatic rings. The SMILES string of the molecule is CCC(C)C(NC(=O)C(C)NC(=O)C(N)CC(C)C)C(=O)NC(CS)C(=O)O. The first-order chi connectivity index (χ1) is 12.9. The third-order valence-electron chi connectivity index (χ3n) is 4.40. The van der Waals surface area contributed by atoms with Gasteiger partial charge in [0, 0.05) is 5.75 Å². The molecule has 0 saturated heterocycles. The maximum Gasteiger partial charge on any atom is 0.327 e. The van der Waals surface area contributed by atoms with Crippen LogP contribution in [0.5, 0.6) is 0 Å². The van der Waals surface area contributed by atoms with Gasteiger partial charge in [0.1, 0.15) is 18.1 Å². The Morgan fingerprint density at radius 2 is 1.54 bits per heavy atom. The molecule has 10 heteroatoms. The minimum Gasteiger partial charge on any atom is -0.480 e. The second-order valence-corrected chi connectivity index (χ2v) is 7.79. The zero-order valence-electron chi connectivity index (χ0n) is 17.2. The quantitative estimate of drug-likeness (QED) is 0.244. The molecule has 3 amide bonds. The Morgan fingerprint density at radius 3 is 1.96 bits per heavy atom. The van der Waals surface area contributed by atoms with E-state index in [2.05, 4.69) is 28.6 Å². The smallest absolute Gasteiger partial charge is 0.327 e. The van der Waals surface area contributed by atoms with Crippen molar-refractivity contribution in [1.29, 1.82) is 0 Å². The van der Waals surface area contributed by atoms with Gasteiger partial charge in [-0.1, -0.05) is 34.1 Å². The number of rotatable bonds is 12. The Morgan fingerprint density at radius 1 is 0.964 bits per heavy atom. The van der Waals surface area contributed by atoms with Crippen molar-refractivity contribution >= 4 is 36.3 Å². The van der Waals surface area contributed by atoms with Gasteiger partial charge in [-0.2, -0.15) is 12.6 Å². The van der Waals surface area contributed by atoms with Crippen LogP contribution in [-0.2, 0) is 19.2 Å². The predicted molar refractivity (Wildman–Crippen MR) is 110 cm³/mol. The largest absolute Gasteiger partial charge is 0.480 e. The van der Waals surface area contributed by atoms with Gasteiger partial charge in [-0.15, -0.1) is 0 Å². The van der Waals surface area contributed by atoms with Gasteiger partial charge in [-0.3, -0.25) is 14.4 Å². The minimum atomic E-state index is -1.21. The molecule has 28 heavy (non-hydrogen) atoms. The number of nitrogens with one attached hydrogen (secondary N) is 3. The van der Waals surface area contributed by atoms with E-state index in [1.807, 2.05) is 20.8 Å². The van der Waals surface area contributed by atoms with Gasteiger partial charge < -0.3 is 26.8 Å². The number of hydrogen-bond acceptors (Lipinski definition) is 6. The highest BCUT2D eigenvalue weighted by Crippen LogP contribution is 2.09. The molecule has 6 N–H and O–H groups in total. The van der Waals surface area contributed by atoms with Crippen molar-refractivity contribution in [3.8, 4) is 0 Å². The van der Waals surface area contributed by atoms with E-state index < -0.39 is 47.9 Å². The lowest BCUT2D eigenvalue weighted by atomic mass is 9.97. The monoisotopic (exact) mass is 418 g/mol. The number of thiol groups is 1. The minimum absolute atomic E-state index is 0.0809. The van der Waals surface area contributed by atoms with E-state index in [4.69, 9.17) is 10.8 Å². The second-order valence-electron chi connectivity index (χ2n) is 7.42. The number of carbonyl (C=O) groups is 4. The fourth-order valence-electron chi connectivity index (χ4n) is 2.43. The number of carbonyl (C=O) groups excluding carboxylic acids is 3. The van der Waals surface area contributed by atoms with Crippen molar-refractivity contribution in [2.75, 3.05) is 5.75 Å². The summed E-state index contributed by atoms with van der Waals surface area (Å²) in [6.07, 6.45) is 1.06. The summed E-state index contributed by atoms with van der Waals surface area (Å²) in [7, 11) is 0. The number of carboxylic acids is 1. The Bertz CT molecular complexity index is 558. The van der Waals surface area contributed by atoms with Crippen LogP contribution in [-0.4, -0.2) is 58.7 Å². The predicted octanol–water partition coefficient (Wildman–Crippen LogP) is -0.105. The lowest BCUT2D eigenvalue weighted by Crippen LogP contribution is -2.58. The van der Waals surface area contributed by atoms with Crippen LogP contribution >= 0.6 is 12.6 Å². The van der Waals surface area contributed by atoms with Crippen LogP contribution in [0.1, 0.15) is 47.5 Å². The Balaban J connectivity index is 5.03. The molecule has 5 atom stereocenters. The first-order valence-electron chi connectivity index (χ1n) is 9.44. The Labute approximate surface area is 172 Å². The normalized spacial score (nSPS) is 16.4. The molecule has 0 aliphatic heterocycles. The van der Waals surface area contributed by atoms with E-state index in [1.165, 1.54) is 6.92 Å². The Kier molecular flexibility index (Phi) is 11.8. The average Bonchev–Trinajstić information content (AvgIpc) is 2.61. The van der Waals surface area contributed by atoms with Gasteiger partial charge in [-0.25, -0.2) is 4.79 Å². The fraction of sp³-hybridized carbons (Fsp3) is 0.778. The standard InChI is InChI=1S/C18H34N4O5S/c1-6-10(4)14(17(25)21-13(8-28)18(26)27)22-15(23)11(5)20-16(24)12(19)7-9(2)3/h9-14,28H,6-8,19H2,1-5H3,(H,20,24)(H,21,25)(H,22,23)(H,26,27). The van der Waals surface area contributed by atoms with Gasteiger partial charge >= 0.3 is 5.97 Å². The zero-order chi connectivity index (χ0) is 22.0. The highest BCUT2D eigenvalue weighted by molar-refractivity contribution is 7.80. The number of amides is 3. The van der Waals surface area contributed by atoms with E-state index in [0.29, 0.717) is 12.8 Å². The molecule has 0 saturated carbocycles. The molecule has 5 unspecified atom stereocenters. The lowest BCUT2D eigenvalue weighted by molar-refractivity contribution is -0.142. The van der Waals surface area contributed by atoms with E-state index >= 15 is 0 Å². The molecule has 0 fully saturated rings. The van der Waals surface area contributed by atoms with Crippen molar-refractivity contribution in [2.24, 2.45) is 17.6 Å². The summed E-state index contributed by atoms with van der Waals surface area (Å²) >= 11 is 3.91. The average molecular weight is 419 g/mol. The molecule has 9 nitrogen and oxygen atoms in total. The van der Waals surface area contributed by atoms with Gasteiger partial charge in [-0.05, 0) is 25.2 Å². The first-order valence-corrected chi connectivity index (χ1v) is 10.1. The summed E-state index contributed by atoms with van der Waals surface area (Å²) in [6, 6.07) is -3.73. The van der Waals surface area contributed by atoms with Gasteiger partial charge in [0.05, 0.1) is 6.04 Å². The van der Waals surface area contributed by atoms with E-state index in [-0.39, 0.29) is 17.6 Å². The number of aliphatic carboxylic acids is 1.